The first-order chi connectivity index (χ1) is 9.72. The molecule has 0 radical (unpaired) electrons. The van der Waals surface area contributed by atoms with E-state index in [9.17, 15) is 0 Å². The summed E-state index contributed by atoms with van der Waals surface area (Å²) in [4.78, 5) is 8.55. The fourth-order valence-corrected chi connectivity index (χ4v) is 2.23. The highest BCUT2D eigenvalue weighted by molar-refractivity contribution is 6.31. The molecular formula is C16H14ClN3. The third-order valence-electron chi connectivity index (χ3n) is 3.20. The lowest BCUT2D eigenvalue weighted by molar-refractivity contribution is 1.14. The predicted octanol–water partition coefficient (Wildman–Crippen LogP) is 4.20. The molecule has 1 heterocycles. The minimum Gasteiger partial charge on any atom is -0.381 e. The Labute approximate surface area is 122 Å². The maximum absolute atomic E-state index is 6.13. The van der Waals surface area contributed by atoms with Gasteiger partial charge in [0.2, 0.25) is 0 Å². The summed E-state index contributed by atoms with van der Waals surface area (Å²) >= 11 is 6.13. The largest absolute Gasteiger partial charge is 0.381 e. The van der Waals surface area contributed by atoms with E-state index in [1.165, 1.54) is 0 Å². The smallest absolute Gasteiger partial charge is 0.0907 e. The van der Waals surface area contributed by atoms with Crippen molar-refractivity contribution in [3.8, 4) is 0 Å². The van der Waals surface area contributed by atoms with Crippen molar-refractivity contribution in [2.45, 2.75) is 13.5 Å². The molecule has 0 aliphatic carbocycles. The first-order valence-corrected chi connectivity index (χ1v) is 6.80. The summed E-state index contributed by atoms with van der Waals surface area (Å²) < 4.78 is 0. The van der Waals surface area contributed by atoms with Crippen LogP contribution in [0.25, 0.3) is 11.0 Å². The third kappa shape index (κ3) is 2.73. The number of rotatable bonds is 3. The lowest BCUT2D eigenvalue weighted by Gasteiger charge is -2.08. The van der Waals surface area contributed by atoms with E-state index in [4.69, 9.17) is 11.6 Å². The molecule has 0 saturated carbocycles. The molecule has 0 atom stereocenters. The van der Waals surface area contributed by atoms with Gasteiger partial charge in [0.25, 0.3) is 0 Å². The van der Waals surface area contributed by atoms with Gasteiger partial charge in [0, 0.05) is 29.6 Å². The van der Waals surface area contributed by atoms with Gasteiger partial charge >= 0.3 is 0 Å². The molecule has 2 aromatic carbocycles. The van der Waals surface area contributed by atoms with Crippen LogP contribution in [0.5, 0.6) is 0 Å². The predicted molar refractivity (Wildman–Crippen MR) is 83.1 cm³/mol. The number of hydrogen-bond acceptors (Lipinski definition) is 3. The van der Waals surface area contributed by atoms with Crippen molar-refractivity contribution in [2.75, 3.05) is 5.32 Å². The van der Waals surface area contributed by atoms with E-state index in [2.05, 4.69) is 21.4 Å². The molecule has 0 bridgehead atoms. The summed E-state index contributed by atoms with van der Waals surface area (Å²) in [5.74, 6) is 0. The van der Waals surface area contributed by atoms with E-state index < -0.39 is 0 Å². The van der Waals surface area contributed by atoms with Gasteiger partial charge in [-0.1, -0.05) is 23.7 Å². The molecule has 0 aliphatic rings. The minimum absolute atomic E-state index is 0.728. The Morgan fingerprint density at radius 2 is 1.80 bits per heavy atom. The molecule has 20 heavy (non-hydrogen) atoms. The maximum Gasteiger partial charge on any atom is 0.0907 e. The zero-order valence-electron chi connectivity index (χ0n) is 11.1. The number of aromatic nitrogens is 2. The number of benzene rings is 2. The molecule has 0 unspecified atom stereocenters. The van der Waals surface area contributed by atoms with E-state index in [1.807, 2.05) is 37.3 Å². The number of aryl methyl sites for hydroxylation is 1. The van der Waals surface area contributed by atoms with Gasteiger partial charge in [-0.2, -0.15) is 0 Å². The Kier molecular flexibility index (Phi) is 3.52. The molecular weight excluding hydrogens is 270 g/mol. The summed E-state index contributed by atoms with van der Waals surface area (Å²) in [6.07, 6.45) is 3.40. The Morgan fingerprint density at radius 3 is 2.60 bits per heavy atom. The van der Waals surface area contributed by atoms with Crippen LogP contribution in [-0.4, -0.2) is 9.97 Å². The quantitative estimate of drug-likeness (QED) is 0.783. The second-order valence-electron chi connectivity index (χ2n) is 4.70. The average Bonchev–Trinajstić information content (AvgIpc) is 2.48. The molecule has 3 aromatic rings. The van der Waals surface area contributed by atoms with Gasteiger partial charge in [0.1, 0.15) is 0 Å². The van der Waals surface area contributed by atoms with Crippen molar-refractivity contribution in [2.24, 2.45) is 0 Å². The molecule has 0 spiro atoms. The minimum atomic E-state index is 0.728. The molecule has 1 aromatic heterocycles. The molecule has 4 heteroatoms. The van der Waals surface area contributed by atoms with Crippen LogP contribution in [0.1, 0.15) is 11.1 Å². The molecule has 0 fully saturated rings. The summed E-state index contributed by atoms with van der Waals surface area (Å²) in [5, 5.41) is 4.17. The first kappa shape index (κ1) is 12.9. The molecule has 0 amide bonds. The van der Waals surface area contributed by atoms with Gasteiger partial charge in [0.05, 0.1) is 11.0 Å². The third-order valence-corrected chi connectivity index (χ3v) is 3.61. The van der Waals surface area contributed by atoms with Gasteiger partial charge in [-0.05, 0) is 42.3 Å². The summed E-state index contributed by atoms with van der Waals surface area (Å²) in [7, 11) is 0. The van der Waals surface area contributed by atoms with E-state index in [1.54, 1.807) is 12.4 Å². The maximum atomic E-state index is 6.13. The van der Waals surface area contributed by atoms with Crippen LogP contribution in [-0.2, 0) is 6.54 Å². The van der Waals surface area contributed by atoms with Crippen molar-refractivity contribution in [1.82, 2.24) is 9.97 Å². The van der Waals surface area contributed by atoms with Crippen LogP contribution < -0.4 is 5.32 Å². The topological polar surface area (TPSA) is 37.8 Å². The van der Waals surface area contributed by atoms with Crippen LogP contribution in [0.15, 0.2) is 48.8 Å². The Bertz CT molecular complexity index is 756. The monoisotopic (exact) mass is 283 g/mol. The Morgan fingerprint density at radius 1 is 1.00 bits per heavy atom. The van der Waals surface area contributed by atoms with Crippen molar-refractivity contribution < 1.29 is 0 Å². The lowest BCUT2D eigenvalue weighted by Crippen LogP contribution is -1.99. The standard InChI is InChI=1S/C16H14ClN3/c1-11-2-3-12(8-14(11)17)10-20-13-4-5-15-16(9-13)19-7-6-18-15/h2-9,20H,10H2,1H3. The number of halogens is 1. The van der Waals surface area contributed by atoms with E-state index >= 15 is 0 Å². The zero-order chi connectivity index (χ0) is 13.9. The van der Waals surface area contributed by atoms with Crippen LogP contribution in [0.4, 0.5) is 5.69 Å². The van der Waals surface area contributed by atoms with Crippen LogP contribution in [0.3, 0.4) is 0 Å². The highest BCUT2D eigenvalue weighted by atomic mass is 35.5. The van der Waals surface area contributed by atoms with E-state index in [0.717, 1.165) is 39.4 Å². The summed E-state index contributed by atoms with van der Waals surface area (Å²) in [6, 6.07) is 12.1. The summed E-state index contributed by atoms with van der Waals surface area (Å²) in [6.45, 7) is 2.73. The van der Waals surface area contributed by atoms with Crippen molar-refractivity contribution >= 4 is 28.3 Å². The van der Waals surface area contributed by atoms with Gasteiger partial charge in [-0.25, -0.2) is 0 Å². The Hall–Kier alpha value is -2.13. The fraction of sp³-hybridized carbons (Fsp3) is 0.125. The number of anilines is 1. The Balaban J connectivity index is 1.77. The van der Waals surface area contributed by atoms with Crippen molar-refractivity contribution in [1.29, 1.82) is 0 Å². The highest BCUT2D eigenvalue weighted by Crippen LogP contribution is 2.19. The molecule has 0 saturated heterocycles. The van der Waals surface area contributed by atoms with Crippen molar-refractivity contribution in [3.63, 3.8) is 0 Å². The number of hydrogen-bond donors (Lipinski definition) is 1. The summed E-state index contributed by atoms with van der Waals surface area (Å²) in [5.41, 5.74) is 5.06. The first-order valence-electron chi connectivity index (χ1n) is 6.42. The van der Waals surface area contributed by atoms with E-state index in [0.29, 0.717) is 0 Å². The van der Waals surface area contributed by atoms with E-state index in [-0.39, 0.29) is 0 Å². The number of fused-ring (bicyclic) bond motifs is 1. The van der Waals surface area contributed by atoms with Gasteiger partial charge in [-0.3, -0.25) is 9.97 Å². The van der Waals surface area contributed by atoms with Crippen LogP contribution in [0.2, 0.25) is 5.02 Å². The van der Waals surface area contributed by atoms with Crippen LogP contribution >= 0.6 is 11.6 Å². The van der Waals surface area contributed by atoms with Crippen LogP contribution in [0, 0.1) is 6.92 Å². The molecule has 0 aliphatic heterocycles. The number of nitrogens with zero attached hydrogens (tertiary/aromatic N) is 2. The lowest BCUT2D eigenvalue weighted by atomic mass is 10.1. The molecule has 100 valence electrons. The second-order valence-corrected chi connectivity index (χ2v) is 5.10. The van der Waals surface area contributed by atoms with Gasteiger partial charge in [0.15, 0.2) is 0 Å². The SMILES string of the molecule is Cc1ccc(CNc2ccc3nccnc3c2)cc1Cl. The van der Waals surface area contributed by atoms with Crippen molar-refractivity contribution in [3.05, 3.63) is 64.9 Å². The van der Waals surface area contributed by atoms with Gasteiger partial charge in [-0.15, -0.1) is 0 Å². The fourth-order valence-electron chi connectivity index (χ4n) is 2.02. The normalized spacial score (nSPS) is 10.7. The molecule has 3 nitrogen and oxygen atoms in total. The molecule has 1 N–H and O–H groups in total. The average molecular weight is 284 g/mol. The second kappa shape index (κ2) is 5.47. The molecule has 3 rings (SSSR count). The highest BCUT2D eigenvalue weighted by Gasteiger charge is 2.00. The zero-order valence-corrected chi connectivity index (χ0v) is 11.9. The number of nitrogens with one attached hydrogen (secondary N) is 1. The van der Waals surface area contributed by atoms with Gasteiger partial charge < -0.3 is 5.32 Å².